The molecule has 1 aliphatic heterocycles. The molecule has 1 N–H and O–H groups in total. The average Bonchev–Trinajstić information content (AvgIpc) is 2.86. The lowest BCUT2D eigenvalue weighted by atomic mass is 10.0. The van der Waals surface area contributed by atoms with Crippen molar-refractivity contribution >= 4 is 17.7 Å². The van der Waals surface area contributed by atoms with Gasteiger partial charge in [0, 0.05) is 11.6 Å². The summed E-state index contributed by atoms with van der Waals surface area (Å²) in [5.74, 6) is 0.0681. The first-order valence-electron chi connectivity index (χ1n) is 8.28. The number of cyclic esters (lactones) is 1. The van der Waals surface area contributed by atoms with Crippen LogP contribution in [0.2, 0.25) is 0 Å². The van der Waals surface area contributed by atoms with Gasteiger partial charge in [0.25, 0.3) is 0 Å². The lowest BCUT2D eigenvalue weighted by Gasteiger charge is -2.16. The van der Waals surface area contributed by atoms with Gasteiger partial charge < -0.3 is 10.1 Å². The van der Waals surface area contributed by atoms with Crippen LogP contribution in [0.25, 0.3) is 0 Å². The molecule has 0 saturated carbocycles. The predicted molar refractivity (Wildman–Crippen MR) is 90.6 cm³/mol. The van der Waals surface area contributed by atoms with Crippen LogP contribution in [-0.4, -0.2) is 31.2 Å². The Morgan fingerprint density at radius 2 is 1.87 bits per heavy atom. The smallest absolute Gasteiger partial charge is 0.414 e. The molecule has 1 saturated heterocycles. The van der Waals surface area contributed by atoms with Crippen LogP contribution in [0, 0.1) is 19.8 Å². The predicted octanol–water partition coefficient (Wildman–Crippen LogP) is 3.18. The zero-order chi connectivity index (χ0) is 17.0. The van der Waals surface area contributed by atoms with Crippen LogP contribution in [-0.2, 0) is 9.53 Å². The summed E-state index contributed by atoms with van der Waals surface area (Å²) < 4.78 is 5.38. The number of aryl methyl sites for hydroxylation is 2. The molecule has 0 radical (unpaired) electrons. The molecule has 1 atom stereocenters. The lowest BCUT2D eigenvalue weighted by Crippen LogP contribution is -2.37. The fourth-order valence-electron chi connectivity index (χ4n) is 2.96. The van der Waals surface area contributed by atoms with E-state index in [9.17, 15) is 9.59 Å². The number of hydrogen-bond donors (Lipinski definition) is 1. The van der Waals surface area contributed by atoms with E-state index < -0.39 is 0 Å². The molecule has 1 aromatic carbocycles. The molecule has 1 fully saturated rings. The fraction of sp³-hybridized carbons (Fsp3) is 0.556. The Bertz CT molecular complexity index is 561. The summed E-state index contributed by atoms with van der Waals surface area (Å²) in [6.45, 7) is 8.85. The van der Waals surface area contributed by atoms with Gasteiger partial charge in [0.2, 0.25) is 5.91 Å². The third-order valence-corrected chi connectivity index (χ3v) is 4.25. The van der Waals surface area contributed by atoms with Crippen LogP contribution in [0.5, 0.6) is 0 Å². The molecule has 1 aromatic rings. The maximum Gasteiger partial charge on any atom is 0.414 e. The van der Waals surface area contributed by atoms with Gasteiger partial charge in [-0.15, -0.1) is 0 Å². The third kappa shape index (κ3) is 4.24. The minimum atomic E-state index is -0.350. The highest BCUT2D eigenvalue weighted by molar-refractivity contribution is 5.90. The number of hydrogen-bond acceptors (Lipinski definition) is 3. The van der Waals surface area contributed by atoms with Crippen LogP contribution in [0.3, 0.4) is 0 Å². The second-order valence-corrected chi connectivity index (χ2v) is 6.22. The van der Waals surface area contributed by atoms with Crippen LogP contribution in [0.4, 0.5) is 10.5 Å². The third-order valence-electron chi connectivity index (χ3n) is 4.25. The number of nitrogens with one attached hydrogen (secondary N) is 1. The Hall–Kier alpha value is -2.04. The summed E-state index contributed by atoms with van der Waals surface area (Å²) in [4.78, 5) is 25.7. The number of anilines is 1. The van der Waals surface area contributed by atoms with Gasteiger partial charge in [-0.2, -0.15) is 0 Å². The highest BCUT2D eigenvalue weighted by Crippen LogP contribution is 2.24. The zero-order valence-electron chi connectivity index (χ0n) is 14.4. The number of carbonyl (C=O) groups excluding carboxylic acids is 2. The van der Waals surface area contributed by atoms with E-state index >= 15 is 0 Å². The molecule has 1 heterocycles. The van der Waals surface area contributed by atoms with Crippen molar-refractivity contribution in [3.8, 4) is 0 Å². The molecule has 5 nitrogen and oxygen atoms in total. The van der Waals surface area contributed by atoms with Crippen molar-refractivity contribution in [1.29, 1.82) is 0 Å². The van der Waals surface area contributed by atoms with Crippen molar-refractivity contribution in [2.75, 3.05) is 18.0 Å². The Labute approximate surface area is 138 Å². The topological polar surface area (TPSA) is 58.6 Å². The number of nitrogens with zero attached hydrogens (tertiary/aromatic N) is 1. The van der Waals surface area contributed by atoms with E-state index in [1.165, 1.54) is 0 Å². The summed E-state index contributed by atoms with van der Waals surface area (Å²) in [7, 11) is 0. The van der Waals surface area contributed by atoms with Gasteiger partial charge in [-0.25, -0.2) is 4.79 Å². The highest BCUT2D eigenvalue weighted by atomic mass is 16.6. The molecular weight excluding hydrogens is 292 g/mol. The van der Waals surface area contributed by atoms with Gasteiger partial charge in [0.15, 0.2) is 0 Å². The second-order valence-electron chi connectivity index (χ2n) is 6.22. The van der Waals surface area contributed by atoms with Gasteiger partial charge >= 0.3 is 6.09 Å². The van der Waals surface area contributed by atoms with Crippen molar-refractivity contribution in [2.24, 2.45) is 5.92 Å². The van der Waals surface area contributed by atoms with E-state index in [0.717, 1.165) is 29.7 Å². The Morgan fingerprint density at radius 3 is 2.43 bits per heavy atom. The minimum Gasteiger partial charge on any atom is -0.442 e. The molecule has 0 spiro atoms. The number of carbonyl (C=O) groups is 2. The maximum atomic E-state index is 12.1. The molecule has 2 rings (SSSR count). The standard InChI is InChI=1S/C18H26N2O3/c1-5-14(6-2)17(21)19-10-16-11-20(18(22)23-16)15-8-12(3)7-13(4)9-15/h7-9,14,16H,5-6,10-11H2,1-4H3,(H,19,21). The zero-order valence-corrected chi connectivity index (χ0v) is 14.4. The van der Waals surface area contributed by atoms with Crippen LogP contribution in [0.1, 0.15) is 37.8 Å². The first kappa shape index (κ1) is 17.3. The van der Waals surface area contributed by atoms with Crippen molar-refractivity contribution in [1.82, 2.24) is 5.32 Å². The van der Waals surface area contributed by atoms with Gasteiger partial charge in [-0.05, 0) is 49.9 Å². The van der Waals surface area contributed by atoms with E-state index in [2.05, 4.69) is 11.4 Å². The van der Waals surface area contributed by atoms with Gasteiger partial charge in [-0.3, -0.25) is 9.69 Å². The Kier molecular flexibility index (Phi) is 5.64. The van der Waals surface area contributed by atoms with Crippen LogP contribution >= 0.6 is 0 Å². The van der Waals surface area contributed by atoms with E-state index in [1.54, 1.807) is 4.90 Å². The summed E-state index contributed by atoms with van der Waals surface area (Å²) in [5, 5.41) is 2.90. The number of rotatable bonds is 6. The van der Waals surface area contributed by atoms with E-state index in [-0.39, 0.29) is 24.0 Å². The van der Waals surface area contributed by atoms with Gasteiger partial charge in [-0.1, -0.05) is 19.9 Å². The van der Waals surface area contributed by atoms with E-state index in [4.69, 9.17) is 4.74 Å². The van der Waals surface area contributed by atoms with E-state index in [0.29, 0.717) is 13.1 Å². The number of ether oxygens (including phenoxy) is 1. The molecule has 126 valence electrons. The molecule has 5 heteroatoms. The molecule has 1 unspecified atom stereocenters. The highest BCUT2D eigenvalue weighted by Gasteiger charge is 2.33. The van der Waals surface area contributed by atoms with Crippen molar-refractivity contribution < 1.29 is 14.3 Å². The maximum absolute atomic E-state index is 12.1. The monoisotopic (exact) mass is 318 g/mol. The number of benzene rings is 1. The van der Waals surface area contributed by atoms with Crippen LogP contribution in [0.15, 0.2) is 18.2 Å². The molecule has 0 bridgehead atoms. The quantitative estimate of drug-likeness (QED) is 0.876. The Morgan fingerprint density at radius 1 is 1.26 bits per heavy atom. The summed E-state index contributed by atoms with van der Waals surface area (Å²) >= 11 is 0. The van der Waals surface area contributed by atoms with Crippen LogP contribution < -0.4 is 10.2 Å². The van der Waals surface area contributed by atoms with Crippen molar-refractivity contribution in [2.45, 2.75) is 46.6 Å². The summed E-state index contributed by atoms with van der Waals surface area (Å²) in [6.07, 6.45) is 0.988. The first-order chi connectivity index (χ1) is 10.9. The summed E-state index contributed by atoms with van der Waals surface area (Å²) in [6, 6.07) is 6.01. The molecule has 0 aromatic heterocycles. The number of amides is 2. The molecule has 1 aliphatic rings. The minimum absolute atomic E-state index is 0.0302. The average molecular weight is 318 g/mol. The van der Waals surface area contributed by atoms with E-state index in [1.807, 2.05) is 39.8 Å². The van der Waals surface area contributed by atoms with Crippen molar-refractivity contribution in [3.63, 3.8) is 0 Å². The fourth-order valence-corrected chi connectivity index (χ4v) is 2.96. The molecular formula is C18H26N2O3. The summed E-state index contributed by atoms with van der Waals surface area (Å²) in [5.41, 5.74) is 3.07. The lowest BCUT2D eigenvalue weighted by molar-refractivity contribution is -0.125. The van der Waals surface area contributed by atoms with Gasteiger partial charge in [0.1, 0.15) is 6.10 Å². The van der Waals surface area contributed by atoms with Gasteiger partial charge in [0.05, 0.1) is 13.1 Å². The normalized spacial score (nSPS) is 17.5. The SMILES string of the molecule is CCC(CC)C(=O)NCC1CN(c2cc(C)cc(C)c2)C(=O)O1. The molecule has 0 aliphatic carbocycles. The largest absolute Gasteiger partial charge is 0.442 e. The first-order valence-corrected chi connectivity index (χ1v) is 8.28. The molecule has 23 heavy (non-hydrogen) atoms. The Balaban J connectivity index is 1.96. The molecule has 2 amide bonds. The van der Waals surface area contributed by atoms with Crippen molar-refractivity contribution in [3.05, 3.63) is 29.3 Å². The second kappa shape index (κ2) is 7.49.